The van der Waals surface area contributed by atoms with Crippen molar-refractivity contribution in [3.63, 3.8) is 0 Å². The van der Waals surface area contributed by atoms with Gasteiger partial charge < -0.3 is 9.47 Å². The van der Waals surface area contributed by atoms with Crippen molar-refractivity contribution in [2.24, 2.45) is 0 Å². The van der Waals surface area contributed by atoms with Crippen molar-refractivity contribution in [1.29, 1.82) is 0 Å². The fourth-order valence-corrected chi connectivity index (χ4v) is 8.88. The summed E-state index contributed by atoms with van der Waals surface area (Å²) in [6, 6.07) is 17.9. The fourth-order valence-electron chi connectivity index (χ4n) is 3.95. The average Bonchev–Trinajstić information content (AvgIpc) is 2.85. The minimum absolute atomic E-state index is 0.835. The lowest BCUT2D eigenvalue weighted by molar-refractivity contribution is -0.853. The molecule has 0 N–H and O–H groups in total. The first kappa shape index (κ1) is 28.0. The Morgan fingerprint density at radius 3 is 1.21 bits per heavy atom. The van der Waals surface area contributed by atoms with Crippen LogP contribution in [0.3, 0.4) is 0 Å². The number of ether oxygens (including phenoxy) is 2. The average molecular weight is 567 g/mol. The maximum Gasteiger partial charge on any atom is 0.151 e. The molecule has 3 heteroatoms. The molecule has 0 bridgehead atoms. The zero-order valence-electron chi connectivity index (χ0n) is 21.4. The molecule has 0 aromatic heterocycles. The Bertz CT molecular complexity index is 650. The van der Waals surface area contributed by atoms with Gasteiger partial charge in [-0.1, -0.05) is 78.1 Å². The lowest BCUT2D eigenvalue weighted by Gasteiger charge is -2.09. The highest BCUT2D eigenvalue weighted by atomic mass is 127. The van der Waals surface area contributed by atoms with Crippen LogP contribution in [-0.4, -0.2) is 17.6 Å². The number of alkyl halides is 1. The van der Waals surface area contributed by atoms with Gasteiger partial charge in [0.2, 0.25) is 0 Å². The van der Waals surface area contributed by atoms with Crippen LogP contribution in [0.1, 0.15) is 97.8 Å². The molecule has 0 heterocycles. The molecule has 0 fully saturated rings. The second kappa shape index (κ2) is 18.1. The second-order valence-electron chi connectivity index (χ2n) is 8.77. The Hall–Kier alpha value is -1.23. The standard InChI is InChI=1S/C30H47IO2/c1-4-7-9-11-13-15-25-32-29-21-17-27(18-22-29)31(6-3)28-19-23-30(24-20-28)33-26-16-14-12-10-8-5-2/h17-24H,4-16,25-26H2,1-3H3/q+1. The first-order valence-corrected chi connectivity index (χ1v) is 17.1. The van der Waals surface area contributed by atoms with Crippen LogP contribution in [0.4, 0.5) is 0 Å². The molecule has 2 aromatic carbocycles. The zero-order valence-corrected chi connectivity index (χ0v) is 23.6. The van der Waals surface area contributed by atoms with E-state index in [0.29, 0.717) is 0 Å². The van der Waals surface area contributed by atoms with Crippen molar-refractivity contribution in [2.75, 3.05) is 17.6 Å². The second-order valence-corrected chi connectivity index (χ2v) is 14.9. The number of rotatable bonds is 19. The van der Waals surface area contributed by atoms with Crippen LogP contribution in [0.25, 0.3) is 0 Å². The van der Waals surface area contributed by atoms with E-state index >= 15 is 0 Å². The summed E-state index contributed by atoms with van der Waals surface area (Å²) >= 11 is -1.38. The molecule has 0 saturated heterocycles. The number of halogens is 1. The van der Waals surface area contributed by atoms with E-state index in [2.05, 4.69) is 69.3 Å². The highest BCUT2D eigenvalue weighted by molar-refractivity contribution is 5.22. The van der Waals surface area contributed by atoms with Gasteiger partial charge in [-0.15, -0.1) is 0 Å². The van der Waals surface area contributed by atoms with E-state index < -0.39 is 19.8 Å². The molecule has 0 spiro atoms. The summed E-state index contributed by atoms with van der Waals surface area (Å²) in [4.78, 5) is 0. The van der Waals surface area contributed by atoms with E-state index in [1.807, 2.05) is 0 Å². The smallest absolute Gasteiger partial charge is 0.151 e. The SMILES string of the molecule is CCCCCCCCOc1ccc([I+](CC)c2ccc(OCCCCCCCC)cc2)cc1. The van der Waals surface area contributed by atoms with Gasteiger partial charge in [0, 0.05) is 0 Å². The molecule has 0 saturated carbocycles. The van der Waals surface area contributed by atoms with Crippen LogP contribution in [0.15, 0.2) is 48.5 Å². The third-order valence-electron chi connectivity index (χ3n) is 5.95. The van der Waals surface area contributed by atoms with Crippen molar-refractivity contribution in [3.8, 4) is 11.5 Å². The van der Waals surface area contributed by atoms with Crippen LogP contribution in [0.5, 0.6) is 11.5 Å². The first-order chi connectivity index (χ1) is 16.3. The van der Waals surface area contributed by atoms with Crippen molar-refractivity contribution in [2.45, 2.75) is 97.8 Å². The third-order valence-corrected chi connectivity index (χ3v) is 11.9. The van der Waals surface area contributed by atoms with Gasteiger partial charge in [-0.05, 0) is 68.3 Å². The molecule has 185 valence electrons. The molecule has 2 nitrogen and oxygen atoms in total. The van der Waals surface area contributed by atoms with Gasteiger partial charge in [0.05, 0.1) is 13.2 Å². The van der Waals surface area contributed by atoms with Crippen LogP contribution in [0.2, 0.25) is 0 Å². The Kier molecular flexibility index (Phi) is 15.4. The monoisotopic (exact) mass is 566 g/mol. The normalized spacial score (nSPS) is 11.2. The lowest BCUT2D eigenvalue weighted by Crippen LogP contribution is -3.86. The molecule has 0 aliphatic carbocycles. The topological polar surface area (TPSA) is 18.5 Å². The maximum atomic E-state index is 5.98. The number of hydrogen-bond acceptors (Lipinski definition) is 2. The van der Waals surface area contributed by atoms with Gasteiger partial charge in [-0.25, -0.2) is 0 Å². The molecule has 2 rings (SSSR count). The molecule has 2 aromatic rings. The molecule has 0 aliphatic heterocycles. The van der Waals surface area contributed by atoms with Crippen LogP contribution in [-0.2, 0) is 0 Å². The highest BCUT2D eigenvalue weighted by Gasteiger charge is 2.24. The number of benzene rings is 2. The third kappa shape index (κ3) is 11.6. The summed E-state index contributed by atoms with van der Waals surface area (Å²) in [5.74, 6) is 2.02. The molecule has 0 atom stereocenters. The van der Waals surface area contributed by atoms with Crippen molar-refractivity contribution in [3.05, 3.63) is 55.7 Å². The molecule has 0 amide bonds. The van der Waals surface area contributed by atoms with E-state index in [1.54, 1.807) is 0 Å². The summed E-state index contributed by atoms with van der Waals surface area (Å²) in [6.45, 7) is 8.53. The fraction of sp³-hybridized carbons (Fsp3) is 0.600. The van der Waals surface area contributed by atoms with Crippen molar-refractivity contribution >= 4 is 0 Å². The van der Waals surface area contributed by atoms with Crippen molar-refractivity contribution in [1.82, 2.24) is 0 Å². The van der Waals surface area contributed by atoms with Crippen LogP contribution < -0.4 is 29.3 Å². The summed E-state index contributed by atoms with van der Waals surface area (Å²) in [5.41, 5.74) is 0. The number of hydrogen-bond donors (Lipinski definition) is 0. The summed E-state index contributed by atoms with van der Waals surface area (Å²) in [6.07, 6.45) is 15.6. The Balaban J connectivity index is 1.75. The molecule has 0 aliphatic rings. The van der Waals surface area contributed by atoms with Gasteiger partial charge >= 0.3 is 0 Å². The molecule has 33 heavy (non-hydrogen) atoms. The molecule has 1 radical (unpaired) electrons. The van der Waals surface area contributed by atoms with Crippen molar-refractivity contribution < 1.29 is 29.3 Å². The van der Waals surface area contributed by atoms with E-state index in [1.165, 1.54) is 75.8 Å². The maximum absolute atomic E-state index is 5.98. The molecule has 0 unspecified atom stereocenters. The predicted octanol–water partition coefficient (Wildman–Crippen LogP) is 5.85. The van der Waals surface area contributed by atoms with E-state index in [-0.39, 0.29) is 0 Å². The first-order valence-electron chi connectivity index (χ1n) is 13.4. The van der Waals surface area contributed by atoms with Gasteiger partial charge in [-0.3, -0.25) is 0 Å². The molecular weight excluding hydrogens is 519 g/mol. The lowest BCUT2D eigenvalue weighted by atomic mass is 10.1. The molecular formula is C30H47IO2+. The Morgan fingerprint density at radius 1 is 0.485 bits per heavy atom. The Morgan fingerprint density at radius 2 is 0.848 bits per heavy atom. The largest absolute Gasteiger partial charge is 0.494 e. The quantitative estimate of drug-likeness (QED) is 0.121. The van der Waals surface area contributed by atoms with E-state index in [0.717, 1.165) is 37.6 Å². The predicted molar refractivity (Wildman–Crippen MR) is 139 cm³/mol. The van der Waals surface area contributed by atoms with E-state index in [9.17, 15) is 0 Å². The minimum atomic E-state index is -1.38. The van der Waals surface area contributed by atoms with Gasteiger partial charge in [-0.2, -0.15) is 0 Å². The van der Waals surface area contributed by atoms with E-state index in [4.69, 9.17) is 9.47 Å². The number of unbranched alkanes of at least 4 members (excludes halogenated alkanes) is 10. The highest BCUT2D eigenvalue weighted by Crippen LogP contribution is 2.12. The summed E-state index contributed by atoms with van der Waals surface area (Å²) < 4.78 is 16.2. The van der Waals surface area contributed by atoms with Crippen LogP contribution in [0, 0.1) is 7.14 Å². The zero-order chi connectivity index (χ0) is 23.6. The van der Waals surface area contributed by atoms with Gasteiger partial charge in [0.1, 0.15) is 35.7 Å². The van der Waals surface area contributed by atoms with Crippen LogP contribution >= 0.6 is 0 Å². The Labute approximate surface area is 211 Å². The summed E-state index contributed by atoms with van der Waals surface area (Å²) in [7, 11) is 0. The van der Waals surface area contributed by atoms with Gasteiger partial charge in [0.25, 0.3) is 0 Å². The summed E-state index contributed by atoms with van der Waals surface area (Å²) in [5, 5.41) is 0. The van der Waals surface area contributed by atoms with Gasteiger partial charge in [0.15, 0.2) is 7.14 Å². The minimum Gasteiger partial charge on any atom is -0.494 e.